The lowest BCUT2D eigenvalue weighted by Crippen LogP contribution is -2.13. The molecule has 2 aromatic carbocycles. The van der Waals surface area contributed by atoms with Crippen molar-refractivity contribution in [3.05, 3.63) is 103 Å². The van der Waals surface area contributed by atoms with Crippen molar-refractivity contribution in [2.45, 2.75) is 6.61 Å². The van der Waals surface area contributed by atoms with Gasteiger partial charge in [0.2, 0.25) is 0 Å². The molecule has 5 aromatic rings. The van der Waals surface area contributed by atoms with Crippen molar-refractivity contribution in [1.29, 1.82) is 0 Å². The van der Waals surface area contributed by atoms with Crippen molar-refractivity contribution in [3.63, 3.8) is 0 Å². The van der Waals surface area contributed by atoms with Gasteiger partial charge in [-0.15, -0.1) is 0 Å². The molecule has 0 spiro atoms. The number of benzene rings is 2. The summed E-state index contributed by atoms with van der Waals surface area (Å²) in [5, 5.41) is 2.85. The molecule has 3 heterocycles. The summed E-state index contributed by atoms with van der Waals surface area (Å²) in [5.74, 6) is 1.28. The number of ether oxygens (including phenoxy) is 2. The second kappa shape index (κ2) is 9.41. The van der Waals surface area contributed by atoms with Crippen molar-refractivity contribution in [2.24, 2.45) is 0 Å². The Labute approximate surface area is 195 Å². The van der Waals surface area contributed by atoms with Crippen molar-refractivity contribution in [3.8, 4) is 22.9 Å². The molecule has 0 fully saturated rings. The summed E-state index contributed by atoms with van der Waals surface area (Å²) in [6.07, 6.45) is 6.86. The first-order valence-corrected chi connectivity index (χ1v) is 10.6. The second-order valence-corrected chi connectivity index (χ2v) is 7.47. The van der Waals surface area contributed by atoms with Crippen LogP contribution < -0.4 is 14.8 Å². The van der Waals surface area contributed by atoms with Crippen molar-refractivity contribution in [2.75, 3.05) is 12.4 Å². The molecule has 0 saturated carbocycles. The zero-order valence-electron chi connectivity index (χ0n) is 18.4. The van der Waals surface area contributed by atoms with E-state index in [4.69, 9.17) is 9.47 Å². The zero-order valence-corrected chi connectivity index (χ0v) is 18.4. The summed E-state index contributed by atoms with van der Waals surface area (Å²) in [6, 6.07) is 20.6. The van der Waals surface area contributed by atoms with Gasteiger partial charge in [0.25, 0.3) is 5.91 Å². The van der Waals surface area contributed by atoms with Crippen LogP contribution in [0.25, 0.3) is 17.0 Å². The summed E-state index contributed by atoms with van der Waals surface area (Å²) in [6.45, 7) is 0.254. The van der Waals surface area contributed by atoms with Gasteiger partial charge < -0.3 is 19.2 Å². The number of carbonyl (C=O) groups excluding carboxylic acids is 1. The molecule has 1 amide bonds. The molecule has 0 aliphatic heterocycles. The van der Waals surface area contributed by atoms with Crippen molar-refractivity contribution < 1.29 is 14.3 Å². The van der Waals surface area contributed by atoms with E-state index in [1.54, 1.807) is 25.3 Å². The summed E-state index contributed by atoms with van der Waals surface area (Å²) in [7, 11) is 1.57. The lowest BCUT2D eigenvalue weighted by molar-refractivity contribution is 0.102. The normalized spacial score (nSPS) is 10.7. The highest BCUT2D eigenvalue weighted by atomic mass is 16.5. The summed E-state index contributed by atoms with van der Waals surface area (Å²) in [4.78, 5) is 25.9. The predicted molar refractivity (Wildman–Crippen MR) is 128 cm³/mol. The first-order valence-electron chi connectivity index (χ1n) is 10.6. The van der Waals surface area contributed by atoms with Crippen LogP contribution in [-0.4, -0.2) is 32.4 Å². The van der Waals surface area contributed by atoms with E-state index in [-0.39, 0.29) is 12.5 Å². The number of nitrogens with one attached hydrogen (secondary N) is 1. The summed E-state index contributed by atoms with van der Waals surface area (Å²) >= 11 is 0. The van der Waals surface area contributed by atoms with Gasteiger partial charge in [-0.25, -0.2) is 15.0 Å². The topological polar surface area (TPSA) is 90.6 Å². The molecule has 0 unspecified atom stereocenters. The van der Waals surface area contributed by atoms with Crippen molar-refractivity contribution >= 4 is 17.2 Å². The average Bonchev–Trinajstić information content (AvgIpc) is 3.31. The van der Waals surface area contributed by atoms with Gasteiger partial charge in [0.1, 0.15) is 12.3 Å². The summed E-state index contributed by atoms with van der Waals surface area (Å²) in [5.41, 5.74) is 3.41. The number of fused-ring (bicyclic) bond motifs is 1. The highest BCUT2D eigenvalue weighted by Crippen LogP contribution is 2.31. The Kier molecular flexibility index (Phi) is 5.85. The van der Waals surface area contributed by atoms with Gasteiger partial charge in [-0.2, -0.15) is 0 Å². The minimum absolute atomic E-state index is 0.254. The molecule has 8 nitrogen and oxygen atoms in total. The SMILES string of the molecule is COc1ccc(NC(=O)c2cnc(-c3ccccc3)nc2)cc1OCc1cn2ccccc2n1. The third-order valence-electron chi connectivity index (χ3n) is 5.16. The molecule has 168 valence electrons. The predicted octanol–water partition coefficient (Wildman–Crippen LogP) is 4.63. The number of rotatable bonds is 7. The maximum Gasteiger partial charge on any atom is 0.258 e. The molecule has 0 aliphatic carbocycles. The van der Waals surface area contributed by atoms with Crippen LogP contribution in [0.4, 0.5) is 5.69 Å². The highest BCUT2D eigenvalue weighted by molar-refractivity contribution is 6.04. The molecule has 3 aromatic heterocycles. The maximum absolute atomic E-state index is 12.7. The number of nitrogens with zero attached hydrogens (tertiary/aromatic N) is 4. The van der Waals surface area contributed by atoms with Crippen LogP contribution in [0.1, 0.15) is 16.1 Å². The van der Waals surface area contributed by atoms with Crippen LogP contribution >= 0.6 is 0 Å². The Morgan fingerprint density at radius 2 is 1.76 bits per heavy atom. The number of imidazole rings is 1. The Morgan fingerprint density at radius 1 is 0.971 bits per heavy atom. The second-order valence-electron chi connectivity index (χ2n) is 7.47. The van der Waals surface area contributed by atoms with Crippen LogP contribution in [-0.2, 0) is 6.61 Å². The van der Waals surface area contributed by atoms with Gasteiger partial charge in [0.15, 0.2) is 17.3 Å². The number of aromatic nitrogens is 4. The molecule has 0 bridgehead atoms. The molecule has 0 radical (unpaired) electrons. The molecular weight excluding hydrogens is 430 g/mol. The monoisotopic (exact) mass is 451 g/mol. The molecule has 0 aliphatic rings. The minimum Gasteiger partial charge on any atom is -0.493 e. The van der Waals surface area contributed by atoms with E-state index < -0.39 is 0 Å². The van der Waals surface area contributed by atoms with E-state index in [1.165, 1.54) is 12.4 Å². The summed E-state index contributed by atoms with van der Waals surface area (Å²) < 4.78 is 13.3. The third-order valence-corrected chi connectivity index (χ3v) is 5.16. The number of amides is 1. The standard InChI is InChI=1S/C26H21N5O3/c1-33-22-11-10-20(13-23(22)34-17-21-16-31-12-6-5-9-24(31)29-21)30-26(32)19-14-27-25(28-15-19)18-7-3-2-4-8-18/h2-16H,17H2,1H3,(H,30,32). The Balaban J connectivity index is 1.29. The molecule has 34 heavy (non-hydrogen) atoms. The number of anilines is 1. The van der Waals surface area contributed by atoms with E-state index in [2.05, 4.69) is 20.3 Å². The fourth-order valence-electron chi connectivity index (χ4n) is 3.46. The fourth-order valence-corrected chi connectivity index (χ4v) is 3.46. The van der Waals surface area contributed by atoms with E-state index in [0.29, 0.717) is 28.6 Å². The van der Waals surface area contributed by atoms with E-state index in [0.717, 1.165) is 16.9 Å². The first-order chi connectivity index (χ1) is 16.7. The Hall–Kier alpha value is -4.72. The first kappa shape index (κ1) is 21.1. The van der Waals surface area contributed by atoms with Gasteiger partial charge in [0.05, 0.1) is 18.4 Å². The lowest BCUT2D eigenvalue weighted by Gasteiger charge is -2.12. The van der Waals surface area contributed by atoms with Crippen LogP contribution in [0.15, 0.2) is 91.5 Å². The number of methoxy groups -OCH3 is 1. The van der Waals surface area contributed by atoms with Crippen molar-refractivity contribution in [1.82, 2.24) is 19.4 Å². The third kappa shape index (κ3) is 4.56. The largest absolute Gasteiger partial charge is 0.493 e. The van der Waals surface area contributed by atoms with Crippen LogP contribution in [0, 0.1) is 0 Å². The molecule has 5 rings (SSSR count). The fraction of sp³-hybridized carbons (Fsp3) is 0.0769. The maximum atomic E-state index is 12.7. The quantitative estimate of drug-likeness (QED) is 0.388. The lowest BCUT2D eigenvalue weighted by atomic mass is 10.2. The highest BCUT2D eigenvalue weighted by Gasteiger charge is 2.12. The van der Waals surface area contributed by atoms with Gasteiger partial charge in [-0.05, 0) is 24.3 Å². The van der Waals surface area contributed by atoms with Crippen LogP contribution in [0.5, 0.6) is 11.5 Å². The van der Waals surface area contributed by atoms with Crippen LogP contribution in [0.2, 0.25) is 0 Å². The average molecular weight is 451 g/mol. The minimum atomic E-state index is -0.323. The van der Waals surface area contributed by atoms with Gasteiger partial charge in [-0.3, -0.25) is 4.79 Å². The van der Waals surface area contributed by atoms with E-state index in [1.807, 2.05) is 65.3 Å². The number of hydrogen-bond acceptors (Lipinski definition) is 6. The Morgan fingerprint density at radius 3 is 2.53 bits per heavy atom. The van der Waals surface area contributed by atoms with Crippen LogP contribution in [0.3, 0.4) is 0 Å². The molecule has 8 heteroatoms. The Bertz CT molecular complexity index is 1400. The molecular formula is C26H21N5O3. The van der Waals surface area contributed by atoms with Gasteiger partial charge >= 0.3 is 0 Å². The molecule has 0 saturated heterocycles. The number of pyridine rings is 1. The smallest absolute Gasteiger partial charge is 0.258 e. The van der Waals surface area contributed by atoms with E-state index >= 15 is 0 Å². The molecule has 0 atom stereocenters. The molecule has 1 N–H and O–H groups in total. The number of hydrogen-bond donors (Lipinski definition) is 1. The van der Waals surface area contributed by atoms with Gasteiger partial charge in [-0.1, -0.05) is 36.4 Å². The zero-order chi connectivity index (χ0) is 23.3. The van der Waals surface area contributed by atoms with E-state index in [9.17, 15) is 4.79 Å². The van der Waals surface area contributed by atoms with Gasteiger partial charge in [0, 0.05) is 42.1 Å². The number of carbonyl (C=O) groups is 1.